The highest BCUT2D eigenvalue weighted by Gasteiger charge is 2.39. The fourth-order valence-corrected chi connectivity index (χ4v) is 3.19. The van der Waals surface area contributed by atoms with Crippen molar-refractivity contribution in [2.45, 2.75) is 18.4 Å². The van der Waals surface area contributed by atoms with Gasteiger partial charge in [0, 0.05) is 26.6 Å². The van der Waals surface area contributed by atoms with Crippen LogP contribution in [0, 0.1) is 0 Å². The number of benzene rings is 1. The normalized spacial score (nSPS) is 19.9. The summed E-state index contributed by atoms with van der Waals surface area (Å²) < 4.78 is 11.0. The van der Waals surface area contributed by atoms with Crippen LogP contribution in [0.4, 0.5) is 5.69 Å². The molecule has 2 aliphatic heterocycles. The third-order valence-corrected chi connectivity index (χ3v) is 4.46. The van der Waals surface area contributed by atoms with E-state index in [-0.39, 0.29) is 6.23 Å². The van der Waals surface area contributed by atoms with Crippen molar-refractivity contribution in [2.24, 2.45) is 10.2 Å². The van der Waals surface area contributed by atoms with Gasteiger partial charge in [0.25, 0.3) is 5.79 Å². The first kappa shape index (κ1) is 17.5. The molecule has 2 N–H and O–H groups in total. The number of hydrogen-bond acceptors (Lipinski definition) is 7. The summed E-state index contributed by atoms with van der Waals surface area (Å²) in [4.78, 5) is 24.1. The second kappa shape index (κ2) is 7.68. The Balaban J connectivity index is 1.87. The molecule has 1 saturated heterocycles. The van der Waals surface area contributed by atoms with E-state index in [0.717, 1.165) is 18.7 Å². The van der Waals surface area contributed by atoms with Crippen LogP contribution in [-0.4, -0.2) is 57.4 Å². The molecule has 0 radical (unpaired) electrons. The van der Waals surface area contributed by atoms with Crippen molar-refractivity contribution in [1.29, 1.82) is 0 Å². The number of morpholine rings is 1. The molecule has 134 valence electrons. The minimum Gasteiger partial charge on any atom is -0.379 e. The largest absolute Gasteiger partial charge is 0.379 e. The lowest BCUT2D eigenvalue weighted by Crippen LogP contribution is -2.50. The van der Waals surface area contributed by atoms with Crippen LogP contribution in [0.1, 0.15) is 11.1 Å². The summed E-state index contributed by atoms with van der Waals surface area (Å²) >= 11 is 0. The molecular weight excluding hydrogens is 326 g/mol. The molecule has 0 aromatic heterocycles. The Morgan fingerprint density at radius 1 is 1.32 bits per heavy atom. The van der Waals surface area contributed by atoms with E-state index in [0.29, 0.717) is 43.7 Å². The first-order chi connectivity index (χ1) is 12.2. The Bertz CT molecular complexity index is 650. The Morgan fingerprint density at radius 3 is 2.68 bits per heavy atom. The molecule has 1 fully saturated rings. The first-order valence-corrected chi connectivity index (χ1v) is 8.06. The SMILES string of the molecule is COC(Cc1cccc2c1N=NC2(NC=O)NC=O)N1CCOCC1. The maximum absolute atomic E-state index is 11.0. The molecule has 2 heterocycles. The number of azo groups is 1. The zero-order valence-corrected chi connectivity index (χ0v) is 14.0. The van der Waals surface area contributed by atoms with Crippen molar-refractivity contribution in [3.8, 4) is 0 Å². The molecule has 1 aromatic carbocycles. The minimum atomic E-state index is -1.35. The number of ether oxygens (including phenoxy) is 2. The quantitative estimate of drug-likeness (QED) is 0.517. The highest BCUT2D eigenvalue weighted by Crippen LogP contribution is 2.39. The van der Waals surface area contributed by atoms with Crippen LogP contribution >= 0.6 is 0 Å². The van der Waals surface area contributed by atoms with Gasteiger partial charge in [0.15, 0.2) is 0 Å². The van der Waals surface area contributed by atoms with Crippen molar-refractivity contribution in [2.75, 3.05) is 33.4 Å². The van der Waals surface area contributed by atoms with Crippen LogP contribution < -0.4 is 10.6 Å². The van der Waals surface area contributed by atoms with Gasteiger partial charge in [0.1, 0.15) is 6.23 Å². The second-order valence-corrected chi connectivity index (χ2v) is 5.79. The number of carbonyl (C=O) groups is 2. The topological polar surface area (TPSA) is 105 Å². The summed E-state index contributed by atoms with van der Waals surface area (Å²) in [5, 5.41) is 13.4. The molecular formula is C16H21N5O4. The Kier molecular flexibility index (Phi) is 5.37. The highest BCUT2D eigenvalue weighted by molar-refractivity contribution is 5.63. The van der Waals surface area contributed by atoms with Gasteiger partial charge in [-0.2, -0.15) is 5.11 Å². The molecule has 0 saturated carbocycles. The van der Waals surface area contributed by atoms with Gasteiger partial charge in [-0.05, 0) is 5.56 Å². The van der Waals surface area contributed by atoms with E-state index in [1.54, 1.807) is 13.2 Å². The van der Waals surface area contributed by atoms with Crippen molar-refractivity contribution in [3.63, 3.8) is 0 Å². The lowest BCUT2D eigenvalue weighted by atomic mass is 10.00. The predicted molar refractivity (Wildman–Crippen MR) is 87.9 cm³/mol. The van der Waals surface area contributed by atoms with E-state index in [1.807, 2.05) is 12.1 Å². The van der Waals surface area contributed by atoms with E-state index >= 15 is 0 Å². The summed E-state index contributed by atoms with van der Waals surface area (Å²) in [5.74, 6) is -1.35. The summed E-state index contributed by atoms with van der Waals surface area (Å²) in [5.41, 5.74) is 2.20. The minimum absolute atomic E-state index is 0.112. The molecule has 1 aromatic rings. The van der Waals surface area contributed by atoms with Gasteiger partial charge in [-0.15, -0.1) is 5.11 Å². The first-order valence-electron chi connectivity index (χ1n) is 8.06. The molecule has 2 aliphatic rings. The van der Waals surface area contributed by atoms with E-state index < -0.39 is 5.79 Å². The van der Waals surface area contributed by atoms with Crippen LogP contribution in [0.5, 0.6) is 0 Å². The molecule has 0 bridgehead atoms. The van der Waals surface area contributed by atoms with E-state index in [1.165, 1.54) is 0 Å². The number of rotatable bonds is 8. The second-order valence-electron chi connectivity index (χ2n) is 5.79. The average Bonchev–Trinajstić information content (AvgIpc) is 3.00. The summed E-state index contributed by atoms with van der Waals surface area (Å²) in [6.45, 7) is 2.97. The van der Waals surface area contributed by atoms with Crippen LogP contribution in [-0.2, 0) is 31.3 Å². The monoisotopic (exact) mass is 347 g/mol. The van der Waals surface area contributed by atoms with Gasteiger partial charge < -0.3 is 20.1 Å². The molecule has 2 amide bonds. The molecule has 25 heavy (non-hydrogen) atoms. The number of hydrogen-bond donors (Lipinski definition) is 2. The predicted octanol–water partition coefficient (Wildman–Crippen LogP) is 0.233. The lowest BCUT2D eigenvalue weighted by molar-refractivity contribution is -0.114. The number of carbonyl (C=O) groups excluding carboxylic acids is 2. The maximum atomic E-state index is 11.0. The molecule has 3 rings (SSSR count). The Morgan fingerprint density at radius 2 is 2.04 bits per heavy atom. The van der Waals surface area contributed by atoms with Gasteiger partial charge in [-0.3, -0.25) is 14.5 Å². The van der Waals surface area contributed by atoms with Crippen molar-refractivity contribution in [1.82, 2.24) is 15.5 Å². The molecule has 1 atom stereocenters. The highest BCUT2D eigenvalue weighted by atomic mass is 16.5. The third kappa shape index (κ3) is 3.39. The van der Waals surface area contributed by atoms with Gasteiger partial charge in [-0.25, -0.2) is 0 Å². The van der Waals surface area contributed by atoms with Crippen molar-refractivity contribution < 1.29 is 19.1 Å². The van der Waals surface area contributed by atoms with Crippen molar-refractivity contribution in [3.05, 3.63) is 29.3 Å². The summed E-state index contributed by atoms with van der Waals surface area (Å²) in [7, 11) is 1.68. The van der Waals surface area contributed by atoms with Crippen molar-refractivity contribution >= 4 is 18.5 Å². The summed E-state index contributed by atoms with van der Waals surface area (Å²) in [6.07, 6.45) is 1.47. The van der Waals surface area contributed by atoms with Crippen LogP contribution in [0.15, 0.2) is 28.4 Å². The zero-order valence-electron chi connectivity index (χ0n) is 14.0. The van der Waals surface area contributed by atoms with Gasteiger partial charge in [0.2, 0.25) is 12.8 Å². The van der Waals surface area contributed by atoms with Gasteiger partial charge >= 0.3 is 0 Å². The standard InChI is InChI=1S/C16H21N5O4/c1-24-14(21-5-7-25-8-6-21)9-12-3-2-4-13-15(12)19-20-16(13,17-10-22)18-11-23/h2-4,10-11,14H,5-9H2,1H3,(H,17,22)(H,18,23). The fraction of sp³-hybridized carbons (Fsp3) is 0.500. The zero-order chi connectivity index (χ0) is 17.7. The number of nitrogens with zero attached hydrogens (tertiary/aromatic N) is 3. The Labute approximate surface area is 145 Å². The maximum Gasteiger partial charge on any atom is 0.258 e. The molecule has 0 aliphatic carbocycles. The smallest absolute Gasteiger partial charge is 0.258 e. The molecule has 9 nitrogen and oxygen atoms in total. The third-order valence-electron chi connectivity index (χ3n) is 4.46. The lowest BCUT2D eigenvalue weighted by Gasteiger charge is -2.33. The van der Waals surface area contributed by atoms with E-state index in [4.69, 9.17) is 9.47 Å². The fourth-order valence-electron chi connectivity index (χ4n) is 3.19. The van der Waals surface area contributed by atoms with E-state index in [9.17, 15) is 9.59 Å². The summed E-state index contributed by atoms with van der Waals surface area (Å²) in [6, 6.07) is 5.58. The van der Waals surface area contributed by atoms with Crippen LogP contribution in [0.25, 0.3) is 0 Å². The number of methoxy groups -OCH3 is 1. The van der Waals surface area contributed by atoms with Crippen LogP contribution in [0.2, 0.25) is 0 Å². The van der Waals surface area contributed by atoms with Gasteiger partial charge in [0.05, 0.1) is 24.5 Å². The van der Waals surface area contributed by atoms with Crippen LogP contribution in [0.3, 0.4) is 0 Å². The Hall–Kier alpha value is -2.36. The number of nitrogens with one attached hydrogen (secondary N) is 2. The number of amides is 2. The average molecular weight is 347 g/mol. The molecule has 9 heteroatoms. The molecule has 1 unspecified atom stereocenters. The van der Waals surface area contributed by atoms with E-state index in [2.05, 4.69) is 25.8 Å². The number of fused-ring (bicyclic) bond motifs is 1. The molecule has 0 spiro atoms. The van der Waals surface area contributed by atoms with Gasteiger partial charge in [-0.1, -0.05) is 18.2 Å².